The molecule has 25 heavy (non-hydrogen) atoms. The number of aromatic amines is 1. The van der Waals surface area contributed by atoms with E-state index in [4.69, 9.17) is 9.15 Å². The molecular weight excluding hydrogens is 316 g/mol. The number of nitrogens with one attached hydrogen (secondary N) is 1. The highest BCUT2D eigenvalue weighted by Gasteiger charge is 2.28. The Balaban J connectivity index is 1.77. The van der Waals surface area contributed by atoms with Gasteiger partial charge in [-0.3, -0.25) is 14.6 Å². The normalized spacial score (nSPS) is 14.5. The first-order chi connectivity index (χ1) is 12.2. The molecule has 2 heterocycles. The molecule has 1 N–H and O–H groups in total. The SMILES string of the molecule is COc1ccc(-c2ccc3c(=O)[nH]n(C)c3c2)c2cc(C3CC3)oc12. The number of ether oxygens (including phenoxy) is 1. The molecule has 2 aromatic carbocycles. The Hall–Kier alpha value is -2.95. The maximum atomic E-state index is 11.9. The van der Waals surface area contributed by atoms with E-state index >= 15 is 0 Å². The monoisotopic (exact) mass is 334 g/mol. The molecule has 4 aromatic rings. The minimum atomic E-state index is -0.0664. The smallest absolute Gasteiger partial charge is 0.271 e. The van der Waals surface area contributed by atoms with Gasteiger partial charge in [-0.15, -0.1) is 0 Å². The first-order valence-electron chi connectivity index (χ1n) is 8.45. The van der Waals surface area contributed by atoms with Crippen molar-refractivity contribution in [3.8, 4) is 16.9 Å². The standard InChI is InChI=1S/C20H18N2O3/c1-22-16-9-12(5-6-14(16)20(23)21-22)13-7-8-17(24-2)19-15(13)10-18(25-19)11-3-4-11/h5-11H,3-4H2,1-2H3,(H,21,23). The summed E-state index contributed by atoms with van der Waals surface area (Å²) in [7, 11) is 3.51. The van der Waals surface area contributed by atoms with Crippen molar-refractivity contribution >= 4 is 21.9 Å². The van der Waals surface area contributed by atoms with Gasteiger partial charge in [0, 0.05) is 18.4 Å². The van der Waals surface area contributed by atoms with E-state index in [2.05, 4.69) is 17.2 Å². The summed E-state index contributed by atoms with van der Waals surface area (Å²) >= 11 is 0. The second kappa shape index (κ2) is 5.02. The van der Waals surface area contributed by atoms with E-state index in [9.17, 15) is 4.79 Å². The lowest BCUT2D eigenvalue weighted by Gasteiger charge is -2.07. The van der Waals surface area contributed by atoms with Gasteiger partial charge < -0.3 is 9.15 Å². The van der Waals surface area contributed by atoms with Gasteiger partial charge in [0.2, 0.25) is 0 Å². The zero-order valence-corrected chi connectivity index (χ0v) is 14.1. The van der Waals surface area contributed by atoms with E-state index in [-0.39, 0.29) is 5.56 Å². The summed E-state index contributed by atoms with van der Waals surface area (Å²) in [5.74, 6) is 2.33. The Morgan fingerprint density at radius 1 is 1.16 bits per heavy atom. The first-order valence-corrected chi connectivity index (χ1v) is 8.45. The van der Waals surface area contributed by atoms with Gasteiger partial charge in [0.25, 0.3) is 5.56 Å². The van der Waals surface area contributed by atoms with Crippen LogP contribution < -0.4 is 10.3 Å². The number of aromatic nitrogens is 2. The zero-order chi connectivity index (χ0) is 17.1. The second-order valence-electron chi connectivity index (χ2n) is 6.71. The van der Waals surface area contributed by atoms with Crippen molar-refractivity contribution in [2.45, 2.75) is 18.8 Å². The summed E-state index contributed by atoms with van der Waals surface area (Å²) < 4.78 is 13.3. The summed E-state index contributed by atoms with van der Waals surface area (Å²) in [5, 5.41) is 4.55. The van der Waals surface area contributed by atoms with Gasteiger partial charge >= 0.3 is 0 Å². The van der Waals surface area contributed by atoms with Crippen molar-refractivity contribution in [1.82, 2.24) is 9.78 Å². The summed E-state index contributed by atoms with van der Waals surface area (Å²) in [6, 6.07) is 12.0. The van der Waals surface area contributed by atoms with Crippen molar-refractivity contribution in [3.63, 3.8) is 0 Å². The lowest BCUT2D eigenvalue weighted by molar-refractivity contribution is 0.407. The van der Waals surface area contributed by atoms with Crippen LogP contribution in [0.5, 0.6) is 5.75 Å². The topological polar surface area (TPSA) is 60.2 Å². The number of nitrogens with zero attached hydrogens (tertiary/aromatic N) is 1. The highest BCUT2D eigenvalue weighted by molar-refractivity contribution is 5.99. The van der Waals surface area contributed by atoms with Crippen LogP contribution in [0.4, 0.5) is 0 Å². The summed E-state index contributed by atoms with van der Waals surface area (Å²) in [4.78, 5) is 11.9. The molecule has 0 atom stereocenters. The maximum Gasteiger partial charge on any atom is 0.271 e. The molecule has 0 bridgehead atoms. The van der Waals surface area contributed by atoms with Gasteiger partial charge in [-0.25, -0.2) is 0 Å². The van der Waals surface area contributed by atoms with Gasteiger partial charge in [-0.2, -0.15) is 0 Å². The molecule has 0 aliphatic heterocycles. The van der Waals surface area contributed by atoms with E-state index in [0.29, 0.717) is 11.3 Å². The Morgan fingerprint density at radius 3 is 2.76 bits per heavy atom. The molecule has 1 saturated carbocycles. The third-order valence-corrected chi connectivity index (χ3v) is 5.05. The van der Waals surface area contributed by atoms with Crippen molar-refractivity contribution in [2.24, 2.45) is 7.05 Å². The first kappa shape index (κ1) is 14.4. The third kappa shape index (κ3) is 2.12. The Morgan fingerprint density at radius 2 is 2.00 bits per heavy atom. The van der Waals surface area contributed by atoms with E-state index in [1.165, 1.54) is 12.8 Å². The number of furan rings is 1. The quantitative estimate of drug-likeness (QED) is 0.612. The van der Waals surface area contributed by atoms with Crippen LogP contribution >= 0.6 is 0 Å². The largest absolute Gasteiger partial charge is 0.493 e. The van der Waals surface area contributed by atoms with Gasteiger partial charge in [0.1, 0.15) is 5.76 Å². The molecule has 1 aliphatic rings. The maximum absolute atomic E-state index is 11.9. The molecule has 0 amide bonds. The third-order valence-electron chi connectivity index (χ3n) is 5.05. The average molecular weight is 334 g/mol. The molecule has 0 saturated heterocycles. The van der Waals surface area contributed by atoms with Crippen molar-refractivity contribution in [1.29, 1.82) is 0 Å². The molecular formula is C20H18N2O3. The molecule has 126 valence electrons. The number of rotatable bonds is 3. The van der Waals surface area contributed by atoms with Crippen molar-refractivity contribution < 1.29 is 9.15 Å². The van der Waals surface area contributed by atoms with E-state index in [1.54, 1.807) is 11.8 Å². The Labute approximate surface area is 143 Å². The number of hydrogen-bond donors (Lipinski definition) is 1. The van der Waals surface area contributed by atoms with Crippen LogP contribution in [0.3, 0.4) is 0 Å². The zero-order valence-electron chi connectivity index (χ0n) is 14.1. The van der Waals surface area contributed by atoms with Gasteiger partial charge in [-0.05, 0) is 54.3 Å². The van der Waals surface area contributed by atoms with Crippen LogP contribution in [0.15, 0.2) is 45.6 Å². The summed E-state index contributed by atoms with van der Waals surface area (Å²) in [5.41, 5.74) is 3.76. The summed E-state index contributed by atoms with van der Waals surface area (Å²) in [6.07, 6.45) is 2.38. The van der Waals surface area contributed by atoms with Crippen LogP contribution in [0.25, 0.3) is 33.0 Å². The highest BCUT2D eigenvalue weighted by atomic mass is 16.5. The average Bonchev–Trinajstić information content (AvgIpc) is 3.31. The fraction of sp³-hybridized carbons (Fsp3) is 0.250. The van der Waals surface area contributed by atoms with Crippen LogP contribution in [-0.4, -0.2) is 16.9 Å². The molecule has 5 heteroatoms. The minimum Gasteiger partial charge on any atom is -0.493 e. The lowest BCUT2D eigenvalue weighted by atomic mass is 10.00. The molecule has 5 nitrogen and oxygen atoms in total. The fourth-order valence-corrected chi connectivity index (χ4v) is 3.54. The number of hydrogen-bond acceptors (Lipinski definition) is 3. The molecule has 1 aliphatic carbocycles. The van der Waals surface area contributed by atoms with E-state index in [1.807, 2.05) is 31.3 Å². The predicted molar refractivity (Wildman–Crippen MR) is 97.3 cm³/mol. The lowest BCUT2D eigenvalue weighted by Crippen LogP contribution is -2.01. The van der Waals surface area contributed by atoms with Crippen LogP contribution in [0, 0.1) is 0 Å². The fourth-order valence-electron chi connectivity index (χ4n) is 3.54. The van der Waals surface area contributed by atoms with Gasteiger partial charge in [0.15, 0.2) is 11.3 Å². The van der Waals surface area contributed by atoms with Crippen LogP contribution in [-0.2, 0) is 7.05 Å². The molecule has 0 spiro atoms. The minimum absolute atomic E-state index is 0.0664. The molecule has 0 unspecified atom stereocenters. The number of H-pyrrole nitrogens is 1. The number of fused-ring (bicyclic) bond motifs is 2. The predicted octanol–water partition coefficient (Wildman–Crippen LogP) is 4.17. The number of benzene rings is 2. The van der Waals surface area contributed by atoms with Gasteiger partial charge in [-0.1, -0.05) is 6.07 Å². The van der Waals surface area contributed by atoms with Crippen LogP contribution in [0.1, 0.15) is 24.5 Å². The van der Waals surface area contributed by atoms with E-state index in [0.717, 1.165) is 39.1 Å². The van der Waals surface area contributed by atoms with Crippen molar-refractivity contribution in [2.75, 3.05) is 7.11 Å². The number of methoxy groups -OCH3 is 1. The van der Waals surface area contributed by atoms with Crippen molar-refractivity contribution in [3.05, 3.63) is 52.5 Å². The molecule has 2 aromatic heterocycles. The second-order valence-corrected chi connectivity index (χ2v) is 6.71. The van der Waals surface area contributed by atoms with Gasteiger partial charge in [0.05, 0.1) is 18.0 Å². The van der Waals surface area contributed by atoms with E-state index < -0.39 is 0 Å². The van der Waals surface area contributed by atoms with Crippen LogP contribution in [0.2, 0.25) is 0 Å². The molecule has 0 radical (unpaired) electrons. The molecule has 1 fully saturated rings. The molecule has 5 rings (SSSR count). The number of aryl methyl sites for hydroxylation is 1. The Bertz CT molecular complexity index is 1180. The Kier molecular flexibility index (Phi) is 2.89. The highest BCUT2D eigenvalue weighted by Crippen LogP contribution is 2.45. The summed E-state index contributed by atoms with van der Waals surface area (Å²) in [6.45, 7) is 0.